The molecule has 6 nitrogen and oxygen atoms in total. The number of nitrogens with one attached hydrogen (secondary N) is 1. The number of methoxy groups -OCH3 is 1. The maximum atomic E-state index is 13.8. The summed E-state index contributed by atoms with van der Waals surface area (Å²) < 4.78 is 26.5. The highest BCUT2D eigenvalue weighted by atomic mass is 19.1. The van der Waals surface area contributed by atoms with Crippen molar-refractivity contribution in [3.8, 4) is 5.75 Å². The van der Waals surface area contributed by atoms with Crippen LogP contribution in [0.4, 0.5) is 10.1 Å². The number of imidazole rings is 1. The second-order valence-electron chi connectivity index (χ2n) is 6.21. The van der Waals surface area contributed by atoms with Crippen LogP contribution in [0.2, 0.25) is 0 Å². The van der Waals surface area contributed by atoms with E-state index in [4.69, 9.17) is 9.47 Å². The van der Waals surface area contributed by atoms with E-state index >= 15 is 0 Å². The Kier molecular flexibility index (Phi) is 4.60. The normalized spacial score (nSPS) is 15.9. The van der Waals surface area contributed by atoms with E-state index in [2.05, 4.69) is 10.3 Å². The molecule has 2 heterocycles. The Bertz CT molecular complexity index is 972. The fraction of sp³-hybridized carbons (Fsp3) is 0.200. The van der Waals surface area contributed by atoms with Crippen LogP contribution in [0.25, 0.3) is 0 Å². The molecule has 1 aromatic heterocycles. The van der Waals surface area contributed by atoms with E-state index < -0.39 is 11.7 Å². The van der Waals surface area contributed by atoms with Crippen LogP contribution in [-0.4, -0.2) is 22.6 Å². The Hall–Kier alpha value is -3.19. The fourth-order valence-electron chi connectivity index (χ4n) is 3.12. The number of carbonyl (C=O) groups is 1. The maximum absolute atomic E-state index is 13.8. The van der Waals surface area contributed by atoms with Gasteiger partial charge in [-0.3, -0.25) is 4.79 Å². The summed E-state index contributed by atoms with van der Waals surface area (Å²) in [5.74, 6) is -0.834. The van der Waals surface area contributed by atoms with Crippen molar-refractivity contribution >= 4 is 11.6 Å². The summed E-state index contributed by atoms with van der Waals surface area (Å²) in [7, 11) is 1.39. The highest BCUT2D eigenvalue weighted by Gasteiger charge is 2.26. The molecule has 2 aromatic carbocycles. The minimum Gasteiger partial charge on any atom is -0.494 e. The van der Waals surface area contributed by atoms with Crippen LogP contribution in [0.1, 0.15) is 27.8 Å². The zero-order valence-electron chi connectivity index (χ0n) is 14.7. The monoisotopic (exact) mass is 367 g/mol. The number of amides is 1. The van der Waals surface area contributed by atoms with Crippen LogP contribution in [0.5, 0.6) is 5.75 Å². The Morgan fingerprint density at radius 3 is 2.85 bits per heavy atom. The molecular weight excluding hydrogens is 349 g/mol. The molecule has 1 aliphatic rings. The number of benzene rings is 2. The molecule has 27 heavy (non-hydrogen) atoms. The lowest BCUT2D eigenvalue weighted by molar-refractivity contribution is 0.00265. The average molecular weight is 367 g/mol. The molecule has 1 aliphatic heterocycles. The van der Waals surface area contributed by atoms with Crippen LogP contribution in [-0.2, 0) is 17.9 Å². The van der Waals surface area contributed by atoms with Crippen molar-refractivity contribution in [2.75, 3.05) is 12.4 Å². The van der Waals surface area contributed by atoms with Gasteiger partial charge in [0.25, 0.3) is 5.91 Å². The molecule has 0 unspecified atom stereocenters. The second-order valence-corrected chi connectivity index (χ2v) is 6.21. The number of hydrogen-bond acceptors (Lipinski definition) is 4. The molecule has 1 N–H and O–H groups in total. The van der Waals surface area contributed by atoms with E-state index in [1.165, 1.54) is 19.2 Å². The number of rotatable bonds is 4. The standard InChI is InChI=1S/C20H18FN3O3/c1-26-17-8-7-14(9-15(17)21)23-20(25)19-16-11-27-18(10-24(16)12-22-19)13-5-3-2-4-6-13/h2-9,12,18H,10-11H2,1H3,(H,23,25)/t18-/m1/s1. The predicted octanol–water partition coefficient (Wildman–Crippen LogP) is 3.55. The van der Waals surface area contributed by atoms with Crippen LogP contribution in [0.15, 0.2) is 54.9 Å². The summed E-state index contributed by atoms with van der Waals surface area (Å²) in [6.45, 7) is 0.857. The summed E-state index contributed by atoms with van der Waals surface area (Å²) in [6, 6.07) is 14.2. The maximum Gasteiger partial charge on any atom is 0.276 e. The first kappa shape index (κ1) is 17.2. The molecule has 0 bridgehead atoms. The first-order valence-electron chi connectivity index (χ1n) is 8.51. The Labute approximate surface area is 155 Å². The molecule has 1 amide bonds. The third-order valence-electron chi connectivity index (χ3n) is 4.53. The summed E-state index contributed by atoms with van der Waals surface area (Å²) in [6.07, 6.45) is 1.55. The van der Waals surface area contributed by atoms with Crippen molar-refractivity contribution < 1.29 is 18.7 Å². The summed E-state index contributed by atoms with van der Waals surface area (Å²) in [4.78, 5) is 16.8. The molecule has 3 aromatic rings. The van der Waals surface area contributed by atoms with Crippen molar-refractivity contribution in [1.29, 1.82) is 0 Å². The van der Waals surface area contributed by atoms with Gasteiger partial charge < -0.3 is 19.4 Å². The van der Waals surface area contributed by atoms with E-state index in [9.17, 15) is 9.18 Å². The van der Waals surface area contributed by atoms with E-state index in [1.807, 2.05) is 34.9 Å². The Balaban J connectivity index is 1.51. The summed E-state index contributed by atoms with van der Waals surface area (Å²) in [5.41, 5.74) is 2.39. The molecule has 7 heteroatoms. The van der Waals surface area contributed by atoms with Crippen LogP contribution in [0.3, 0.4) is 0 Å². The molecule has 4 rings (SSSR count). The number of hydrogen-bond donors (Lipinski definition) is 1. The van der Waals surface area contributed by atoms with E-state index in [1.54, 1.807) is 12.4 Å². The number of ether oxygens (including phenoxy) is 2. The first-order chi connectivity index (χ1) is 13.2. The quantitative estimate of drug-likeness (QED) is 0.766. The van der Waals surface area contributed by atoms with Crippen LogP contribution in [0, 0.1) is 5.82 Å². The van der Waals surface area contributed by atoms with Gasteiger partial charge in [-0.1, -0.05) is 30.3 Å². The summed E-state index contributed by atoms with van der Waals surface area (Å²) in [5, 5.41) is 2.66. The number of nitrogens with zero attached hydrogens (tertiary/aromatic N) is 2. The van der Waals surface area contributed by atoms with E-state index in [-0.39, 0.29) is 24.2 Å². The molecule has 0 saturated carbocycles. The zero-order chi connectivity index (χ0) is 18.8. The average Bonchev–Trinajstić information content (AvgIpc) is 3.12. The van der Waals surface area contributed by atoms with Gasteiger partial charge in [-0.2, -0.15) is 0 Å². The van der Waals surface area contributed by atoms with Gasteiger partial charge in [-0.15, -0.1) is 0 Å². The third-order valence-corrected chi connectivity index (χ3v) is 4.53. The van der Waals surface area contributed by atoms with Crippen molar-refractivity contribution in [3.63, 3.8) is 0 Å². The van der Waals surface area contributed by atoms with E-state index in [0.717, 1.165) is 5.56 Å². The minimum absolute atomic E-state index is 0.0838. The van der Waals surface area contributed by atoms with Gasteiger partial charge >= 0.3 is 0 Å². The number of fused-ring (bicyclic) bond motifs is 1. The lowest BCUT2D eigenvalue weighted by Crippen LogP contribution is -2.23. The number of aromatic nitrogens is 2. The molecule has 0 radical (unpaired) electrons. The zero-order valence-corrected chi connectivity index (χ0v) is 14.7. The van der Waals surface area contributed by atoms with Crippen LogP contribution >= 0.6 is 0 Å². The molecule has 0 saturated heterocycles. The number of anilines is 1. The van der Waals surface area contributed by atoms with Gasteiger partial charge in [0.05, 0.1) is 32.3 Å². The first-order valence-corrected chi connectivity index (χ1v) is 8.51. The van der Waals surface area contributed by atoms with Crippen LogP contribution < -0.4 is 10.1 Å². The highest BCUT2D eigenvalue weighted by molar-refractivity contribution is 6.03. The van der Waals surface area contributed by atoms with Crippen molar-refractivity contribution in [2.24, 2.45) is 0 Å². The highest BCUT2D eigenvalue weighted by Crippen LogP contribution is 2.28. The lowest BCUT2D eigenvalue weighted by Gasteiger charge is -2.25. The molecule has 0 fully saturated rings. The van der Waals surface area contributed by atoms with Gasteiger partial charge in [0.2, 0.25) is 0 Å². The third kappa shape index (κ3) is 3.41. The van der Waals surface area contributed by atoms with E-state index in [0.29, 0.717) is 17.9 Å². The SMILES string of the molecule is COc1ccc(NC(=O)c2ncn3c2CO[C@@H](c2ccccc2)C3)cc1F. The predicted molar refractivity (Wildman–Crippen MR) is 97.1 cm³/mol. The molecule has 1 atom stereocenters. The molecule has 0 spiro atoms. The van der Waals surface area contributed by atoms with Gasteiger partial charge in [0.1, 0.15) is 6.10 Å². The summed E-state index contributed by atoms with van der Waals surface area (Å²) >= 11 is 0. The molecule has 0 aliphatic carbocycles. The molecular formula is C20H18FN3O3. The van der Waals surface area contributed by atoms with Crippen molar-refractivity contribution in [3.05, 3.63) is 77.6 Å². The number of halogens is 1. The van der Waals surface area contributed by atoms with Gasteiger partial charge in [-0.05, 0) is 17.7 Å². The largest absolute Gasteiger partial charge is 0.494 e. The lowest BCUT2D eigenvalue weighted by atomic mass is 10.1. The Morgan fingerprint density at radius 1 is 1.30 bits per heavy atom. The number of carbonyl (C=O) groups excluding carboxylic acids is 1. The minimum atomic E-state index is -0.545. The van der Waals surface area contributed by atoms with Gasteiger partial charge in [0, 0.05) is 11.8 Å². The fourth-order valence-corrected chi connectivity index (χ4v) is 3.12. The van der Waals surface area contributed by atoms with Crippen molar-refractivity contribution in [2.45, 2.75) is 19.3 Å². The van der Waals surface area contributed by atoms with Crippen molar-refractivity contribution in [1.82, 2.24) is 9.55 Å². The smallest absolute Gasteiger partial charge is 0.276 e. The van der Waals surface area contributed by atoms with Gasteiger partial charge in [-0.25, -0.2) is 9.37 Å². The Morgan fingerprint density at radius 2 is 2.11 bits per heavy atom. The second kappa shape index (κ2) is 7.20. The topological polar surface area (TPSA) is 65.4 Å². The molecule has 138 valence electrons. The van der Waals surface area contributed by atoms with Gasteiger partial charge in [0.15, 0.2) is 17.3 Å².